The number of carbonyl (C=O) groups excluding carboxylic acids is 1. The molecule has 1 aliphatic heterocycles. The zero-order chi connectivity index (χ0) is 23.2. The summed E-state index contributed by atoms with van der Waals surface area (Å²) in [6.07, 6.45) is 1.71. The molecule has 11 heteroatoms. The zero-order valence-electron chi connectivity index (χ0n) is 17.6. The van der Waals surface area contributed by atoms with Crippen molar-refractivity contribution in [3.05, 3.63) is 23.1 Å². The second kappa shape index (κ2) is 10.4. The number of nitrogens with zero attached hydrogens (tertiary/aromatic N) is 1. The van der Waals surface area contributed by atoms with Crippen LogP contribution in [-0.2, 0) is 4.74 Å². The molecule has 2 rings (SSSR count). The number of fused-ring (bicyclic) bond motifs is 1. The van der Waals surface area contributed by atoms with Gasteiger partial charge in [-0.1, -0.05) is 25.4 Å². The summed E-state index contributed by atoms with van der Waals surface area (Å²) in [4.78, 5) is 13.2. The van der Waals surface area contributed by atoms with Crippen molar-refractivity contribution < 1.29 is 30.0 Å². The normalized spacial score (nSPS) is 24.3. The average molecular weight is 439 g/mol. The van der Waals surface area contributed by atoms with Crippen LogP contribution in [0.5, 0.6) is 0 Å². The standard InChI is InChI=1S/C12H21NO6.C4H8ClN3.C2H6/c1-10(2,3)19-9(14)13-4-7-8(5-13)12(17,18)6-11(7,15)16;5-3(6)1-2-4(7)8;1-2/h7-8,15-18H,4-6H2,1-3H3;1-2H,6-8H2;1-2H3/b;3-1-;. The zero-order valence-corrected chi connectivity index (χ0v) is 18.3. The fourth-order valence-corrected chi connectivity index (χ4v) is 3.10. The molecule has 2 atom stereocenters. The van der Waals surface area contributed by atoms with Crippen LogP contribution in [-0.4, -0.2) is 61.7 Å². The summed E-state index contributed by atoms with van der Waals surface area (Å²) < 4.78 is 5.18. The summed E-state index contributed by atoms with van der Waals surface area (Å²) in [5.74, 6) is -5.73. The van der Waals surface area contributed by atoms with Crippen LogP contribution in [0.2, 0.25) is 0 Å². The minimum absolute atomic E-state index is 0.0372. The van der Waals surface area contributed by atoms with E-state index in [2.05, 4.69) is 0 Å². The number of ether oxygens (including phenoxy) is 1. The first-order chi connectivity index (χ1) is 13.0. The monoisotopic (exact) mass is 438 g/mol. The average Bonchev–Trinajstić information content (AvgIpc) is 3.06. The van der Waals surface area contributed by atoms with Gasteiger partial charge in [0.15, 0.2) is 11.6 Å². The second-order valence-corrected chi connectivity index (χ2v) is 8.19. The van der Waals surface area contributed by atoms with Gasteiger partial charge in [-0.3, -0.25) is 0 Å². The van der Waals surface area contributed by atoms with Gasteiger partial charge in [0.2, 0.25) is 0 Å². The number of aliphatic hydroxyl groups is 4. The van der Waals surface area contributed by atoms with E-state index in [0.29, 0.717) is 0 Å². The molecule has 10 nitrogen and oxygen atoms in total. The molecule has 0 spiro atoms. The molecule has 1 saturated heterocycles. The van der Waals surface area contributed by atoms with Crippen molar-refractivity contribution in [2.24, 2.45) is 29.0 Å². The summed E-state index contributed by atoms with van der Waals surface area (Å²) in [5.41, 5.74) is 14.4. The molecule has 1 amide bonds. The van der Waals surface area contributed by atoms with Gasteiger partial charge < -0.3 is 47.3 Å². The minimum atomic E-state index is -2.18. The quantitative estimate of drug-likeness (QED) is 0.168. The summed E-state index contributed by atoms with van der Waals surface area (Å²) in [6.45, 7) is 9.26. The topological polar surface area (TPSA) is 189 Å². The maximum absolute atomic E-state index is 11.9. The number of allylic oxidation sites excluding steroid dienone is 2. The Kier molecular flexibility index (Phi) is 9.74. The maximum atomic E-state index is 11.9. The molecular formula is C18H35ClN4O6. The number of carbonyl (C=O) groups is 1. The van der Waals surface area contributed by atoms with E-state index in [1.165, 1.54) is 17.1 Å². The summed E-state index contributed by atoms with van der Waals surface area (Å²) in [6, 6.07) is 0. The van der Waals surface area contributed by atoms with Crippen molar-refractivity contribution in [1.82, 2.24) is 4.90 Å². The Morgan fingerprint density at radius 1 is 1.03 bits per heavy atom. The number of amides is 1. The molecule has 0 radical (unpaired) electrons. The summed E-state index contributed by atoms with van der Waals surface area (Å²) >= 11 is 5.21. The molecule has 1 heterocycles. The molecule has 0 aromatic heterocycles. The van der Waals surface area contributed by atoms with Crippen LogP contribution in [0.4, 0.5) is 4.79 Å². The Balaban J connectivity index is 0.000000664. The molecule has 1 saturated carbocycles. The molecule has 2 fully saturated rings. The highest BCUT2D eigenvalue weighted by Crippen LogP contribution is 2.48. The summed E-state index contributed by atoms with van der Waals surface area (Å²) in [5, 5.41) is 39.3. The SMILES string of the molecule is CC.CC(C)(C)OC(=O)N1CC2C(C1)C(O)(O)CC2(O)O.NC(N)=C/C=C(\N)Cl. The lowest BCUT2D eigenvalue weighted by atomic mass is 9.95. The maximum Gasteiger partial charge on any atom is 0.410 e. The Hall–Kier alpha value is -1.72. The van der Waals surface area contributed by atoms with Gasteiger partial charge in [0, 0.05) is 24.9 Å². The number of halogens is 1. The number of hydrogen-bond acceptors (Lipinski definition) is 9. The highest BCUT2D eigenvalue weighted by atomic mass is 35.5. The van der Waals surface area contributed by atoms with E-state index in [4.69, 9.17) is 33.5 Å². The second-order valence-electron chi connectivity index (χ2n) is 7.75. The minimum Gasteiger partial charge on any atom is -0.444 e. The lowest BCUT2D eigenvalue weighted by Gasteiger charge is -2.28. The van der Waals surface area contributed by atoms with Crippen LogP contribution in [0.1, 0.15) is 41.0 Å². The van der Waals surface area contributed by atoms with Gasteiger partial charge in [-0.15, -0.1) is 0 Å². The third-order valence-electron chi connectivity index (χ3n) is 4.11. The summed E-state index contributed by atoms with van der Waals surface area (Å²) in [7, 11) is 0. The Labute approximate surface area is 176 Å². The smallest absolute Gasteiger partial charge is 0.410 e. The van der Waals surface area contributed by atoms with E-state index >= 15 is 0 Å². The van der Waals surface area contributed by atoms with Gasteiger partial charge in [-0.05, 0) is 32.9 Å². The highest BCUT2D eigenvalue weighted by molar-refractivity contribution is 6.29. The predicted octanol–water partition coefficient (Wildman–Crippen LogP) is 0.0453. The number of rotatable bonds is 1. The van der Waals surface area contributed by atoms with Crippen LogP contribution < -0.4 is 17.2 Å². The molecule has 0 bridgehead atoms. The van der Waals surface area contributed by atoms with Crippen molar-refractivity contribution in [3.8, 4) is 0 Å². The van der Waals surface area contributed by atoms with E-state index in [0.717, 1.165) is 0 Å². The Bertz CT molecular complexity index is 570. The van der Waals surface area contributed by atoms with Crippen molar-refractivity contribution in [3.63, 3.8) is 0 Å². The van der Waals surface area contributed by atoms with Crippen molar-refractivity contribution >= 4 is 17.7 Å². The van der Waals surface area contributed by atoms with Gasteiger partial charge in [0.1, 0.15) is 5.60 Å². The molecule has 2 aliphatic rings. The molecule has 0 aromatic carbocycles. The van der Waals surface area contributed by atoms with Crippen LogP contribution in [0.3, 0.4) is 0 Å². The largest absolute Gasteiger partial charge is 0.444 e. The van der Waals surface area contributed by atoms with E-state index in [9.17, 15) is 25.2 Å². The van der Waals surface area contributed by atoms with E-state index in [-0.39, 0.29) is 24.1 Å². The Morgan fingerprint density at radius 3 is 1.72 bits per heavy atom. The molecule has 170 valence electrons. The molecule has 1 aliphatic carbocycles. The van der Waals surface area contributed by atoms with Gasteiger partial charge in [-0.25, -0.2) is 4.79 Å². The molecule has 0 aromatic rings. The van der Waals surface area contributed by atoms with Gasteiger partial charge in [0.25, 0.3) is 0 Å². The third-order valence-corrected chi connectivity index (χ3v) is 4.24. The van der Waals surface area contributed by atoms with E-state index < -0.39 is 41.5 Å². The van der Waals surface area contributed by atoms with Crippen molar-refractivity contribution in [1.29, 1.82) is 0 Å². The molecule has 10 N–H and O–H groups in total. The third kappa shape index (κ3) is 8.67. The highest BCUT2D eigenvalue weighted by Gasteiger charge is 2.63. The first kappa shape index (κ1) is 27.3. The number of likely N-dealkylation sites (tertiary alicyclic amines) is 1. The molecule has 29 heavy (non-hydrogen) atoms. The predicted molar refractivity (Wildman–Crippen MR) is 110 cm³/mol. The first-order valence-corrected chi connectivity index (χ1v) is 9.64. The number of nitrogens with two attached hydrogens (primary N) is 3. The number of hydrogen-bond donors (Lipinski definition) is 7. The fraction of sp³-hybridized carbons (Fsp3) is 0.722. The molecule has 2 unspecified atom stereocenters. The van der Waals surface area contributed by atoms with Gasteiger partial charge in [0.05, 0.1) is 17.4 Å². The lowest BCUT2D eigenvalue weighted by Crippen LogP contribution is -2.42. The lowest BCUT2D eigenvalue weighted by molar-refractivity contribution is -0.224. The van der Waals surface area contributed by atoms with Crippen LogP contribution in [0, 0.1) is 11.8 Å². The molecular weight excluding hydrogens is 404 g/mol. The van der Waals surface area contributed by atoms with Gasteiger partial charge in [-0.2, -0.15) is 0 Å². The van der Waals surface area contributed by atoms with Crippen LogP contribution in [0.15, 0.2) is 23.1 Å². The van der Waals surface area contributed by atoms with Crippen LogP contribution in [0.25, 0.3) is 0 Å². The van der Waals surface area contributed by atoms with Gasteiger partial charge >= 0.3 is 6.09 Å². The van der Waals surface area contributed by atoms with Crippen molar-refractivity contribution in [2.75, 3.05) is 13.1 Å². The van der Waals surface area contributed by atoms with E-state index in [1.807, 2.05) is 13.8 Å². The van der Waals surface area contributed by atoms with Crippen LogP contribution >= 0.6 is 11.6 Å². The van der Waals surface area contributed by atoms with E-state index in [1.54, 1.807) is 20.8 Å². The Morgan fingerprint density at radius 2 is 1.45 bits per heavy atom. The first-order valence-electron chi connectivity index (χ1n) is 9.26. The fourth-order valence-electron chi connectivity index (χ4n) is 3.04. The van der Waals surface area contributed by atoms with Crippen molar-refractivity contribution in [2.45, 2.75) is 58.2 Å².